The molecule has 1 N–H and O–H groups in total. The number of nitrogens with one attached hydrogen (secondary N) is 1. The largest absolute Gasteiger partial charge is 0.364 e. The lowest BCUT2D eigenvalue weighted by Gasteiger charge is -2.23. The first-order chi connectivity index (χ1) is 11.4. The molecule has 0 saturated carbocycles. The predicted octanol–water partition coefficient (Wildman–Crippen LogP) is 4.35. The van der Waals surface area contributed by atoms with Crippen LogP contribution >= 0.6 is 0 Å². The normalized spacial score (nSPS) is 18.2. The van der Waals surface area contributed by atoms with Crippen molar-refractivity contribution in [2.75, 3.05) is 11.9 Å². The fourth-order valence-electron chi connectivity index (χ4n) is 3.14. The van der Waals surface area contributed by atoms with E-state index in [-0.39, 0.29) is 6.23 Å². The molecule has 0 amide bonds. The molecule has 0 aliphatic carbocycles. The van der Waals surface area contributed by atoms with Crippen molar-refractivity contribution < 1.29 is 4.74 Å². The maximum Gasteiger partial charge on any atom is 0.156 e. The van der Waals surface area contributed by atoms with Gasteiger partial charge >= 0.3 is 0 Å². The zero-order chi connectivity index (χ0) is 15.5. The van der Waals surface area contributed by atoms with Gasteiger partial charge in [-0.1, -0.05) is 42.5 Å². The van der Waals surface area contributed by atoms with Gasteiger partial charge < -0.3 is 10.1 Å². The van der Waals surface area contributed by atoms with Gasteiger partial charge in [-0.3, -0.25) is 0 Å². The summed E-state index contributed by atoms with van der Waals surface area (Å²) in [6.45, 7) is 1.60. The Hall–Kier alpha value is -2.33. The number of aromatic nitrogens is 2. The highest BCUT2D eigenvalue weighted by molar-refractivity contribution is 5.90. The van der Waals surface area contributed by atoms with Gasteiger partial charge in [0.2, 0.25) is 0 Å². The number of nitrogens with zero attached hydrogens (tertiary/aromatic N) is 2. The molecule has 1 aromatic heterocycles. The molecule has 1 atom stereocenters. The number of hydrogen-bond donors (Lipinski definition) is 1. The quantitative estimate of drug-likeness (QED) is 0.779. The van der Waals surface area contributed by atoms with E-state index in [2.05, 4.69) is 53.8 Å². The summed E-state index contributed by atoms with van der Waals surface area (Å²) in [5.41, 5.74) is 2.38. The monoisotopic (exact) mass is 307 g/mol. The molecule has 0 radical (unpaired) electrons. The topological polar surface area (TPSA) is 39.1 Å². The average Bonchev–Trinajstić information content (AvgIpc) is 3.01. The van der Waals surface area contributed by atoms with Crippen LogP contribution in [0.5, 0.6) is 0 Å². The van der Waals surface area contributed by atoms with Gasteiger partial charge in [0, 0.05) is 18.5 Å². The first-order valence-corrected chi connectivity index (χ1v) is 8.28. The molecule has 2 aromatic carbocycles. The molecule has 2 heterocycles. The molecule has 4 nitrogen and oxygen atoms in total. The zero-order valence-corrected chi connectivity index (χ0v) is 13.1. The van der Waals surface area contributed by atoms with E-state index in [4.69, 9.17) is 9.84 Å². The van der Waals surface area contributed by atoms with Crippen LogP contribution in [0.2, 0.25) is 0 Å². The standard InChI is InChI=1S/C19H21N3O/c1-2-8-15(9-3-1)14-20-19-16-10-4-5-11-17(16)22(21-19)18-12-6-7-13-23-18/h1-5,8-11,18H,6-7,12-14H2,(H,20,21). The highest BCUT2D eigenvalue weighted by Gasteiger charge is 2.20. The van der Waals surface area contributed by atoms with E-state index in [9.17, 15) is 0 Å². The van der Waals surface area contributed by atoms with Crippen LogP contribution in [0.25, 0.3) is 10.9 Å². The van der Waals surface area contributed by atoms with E-state index < -0.39 is 0 Å². The summed E-state index contributed by atoms with van der Waals surface area (Å²) in [6.07, 6.45) is 3.44. The van der Waals surface area contributed by atoms with Crippen LogP contribution in [0.4, 0.5) is 5.82 Å². The molecular formula is C19H21N3O. The number of para-hydroxylation sites is 1. The number of ether oxygens (including phenoxy) is 1. The molecular weight excluding hydrogens is 286 g/mol. The SMILES string of the molecule is c1ccc(CNc2nn(C3CCCCO3)c3ccccc23)cc1. The zero-order valence-electron chi connectivity index (χ0n) is 13.1. The van der Waals surface area contributed by atoms with E-state index in [1.165, 1.54) is 12.0 Å². The van der Waals surface area contributed by atoms with Gasteiger partial charge in [0.15, 0.2) is 12.0 Å². The molecule has 0 bridgehead atoms. The van der Waals surface area contributed by atoms with Gasteiger partial charge in [0.05, 0.1) is 5.52 Å². The molecule has 1 aliphatic rings. The first-order valence-electron chi connectivity index (χ1n) is 8.28. The Morgan fingerprint density at radius 3 is 2.70 bits per heavy atom. The minimum Gasteiger partial charge on any atom is -0.364 e. The van der Waals surface area contributed by atoms with Gasteiger partial charge in [-0.25, -0.2) is 4.68 Å². The van der Waals surface area contributed by atoms with Crippen LogP contribution in [0.3, 0.4) is 0 Å². The molecule has 1 saturated heterocycles. The lowest BCUT2D eigenvalue weighted by molar-refractivity contribution is -0.0365. The van der Waals surface area contributed by atoms with Gasteiger partial charge in [-0.05, 0) is 37.0 Å². The number of hydrogen-bond acceptors (Lipinski definition) is 3. The Balaban J connectivity index is 1.64. The summed E-state index contributed by atoms with van der Waals surface area (Å²) in [7, 11) is 0. The molecule has 3 aromatic rings. The molecule has 118 valence electrons. The van der Waals surface area contributed by atoms with Gasteiger partial charge in [0.1, 0.15) is 0 Å². The van der Waals surface area contributed by atoms with Gasteiger partial charge in [0.25, 0.3) is 0 Å². The van der Waals surface area contributed by atoms with Crippen molar-refractivity contribution in [1.29, 1.82) is 0 Å². The molecule has 1 unspecified atom stereocenters. The third-order valence-corrected chi connectivity index (χ3v) is 4.34. The van der Waals surface area contributed by atoms with Crippen molar-refractivity contribution in [3.8, 4) is 0 Å². The van der Waals surface area contributed by atoms with E-state index in [1.807, 2.05) is 10.7 Å². The van der Waals surface area contributed by atoms with Crippen molar-refractivity contribution in [2.24, 2.45) is 0 Å². The second-order valence-electron chi connectivity index (χ2n) is 5.97. The minimum atomic E-state index is 0.0564. The molecule has 23 heavy (non-hydrogen) atoms. The van der Waals surface area contributed by atoms with Crippen LogP contribution in [0, 0.1) is 0 Å². The maximum atomic E-state index is 5.92. The molecule has 4 heteroatoms. The predicted molar refractivity (Wildman–Crippen MR) is 92.3 cm³/mol. The molecule has 4 rings (SSSR count). The van der Waals surface area contributed by atoms with Crippen LogP contribution in [0.1, 0.15) is 31.1 Å². The Bertz CT molecular complexity index is 776. The van der Waals surface area contributed by atoms with E-state index >= 15 is 0 Å². The van der Waals surface area contributed by atoms with E-state index in [0.717, 1.165) is 42.7 Å². The fraction of sp³-hybridized carbons (Fsp3) is 0.316. The van der Waals surface area contributed by atoms with E-state index in [0.29, 0.717) is 0 Å². The summed E-state index contributed by atoms with van der Waals surface area (Å²) in [5.74, 6) is 0.929. The van der Waals surface area contributed by atoms with Crippen LogP contribution in [-0.2, 0) is 11.3 Å². The van der Waals surface area contributed by atoms with Crippen LogP contribution in [-0.4, -0.2) is 16.4 Å². The maximum absolute atomic E-state index is 5.92. The lowest BCUT2D eigenvalue weighted by Crippen LogP contribution is -2.19. The van der Waals surface area contributed by atoms with Crippen molar-refractivity contribution >= 4 is 16.7 Å². The smallest absolute Gasteiger partial charge is 0.156 e. The van der Waals surface area contributed by atoms with Crippen molar-refractivity contribution in [3.05, 3.63) is 60.2 Å². The highest BCUT2D eigenvalue weighted by Crippen LogP contribution is 2.30. The number of fused-ring (bicyclic) bond motifs is 1. The van der Waals surface area contributed by atoms with Crippen molar-refractivity contribution in [2.45, 2.75) is 32.0 Å². The summed E-state index contributed by atoms with van der Waals surface area (Å²) in [4.78, 5) is 0. The highest BCUT2D eigenvalue weighted by atomic mass is 16.5. The second-order valence-corrected chi connectivity index (χ2v) is 5.97. The Morgan fingerprint density at radius 1 is 1.04 bits per heavy atom. The van der Waals surface area contributed by atoms with E-state index in [1.54, 1.807) is 0 Å². The van der Waals surface area contributed by atoms with Crippen LogP contribution < -0.4 is 5.32 Å². The van der Waals surface area contributed by atoms with Crippen molar-refractivity contribution in [3.63, 3.8) is 0 Å². The summed E-state index contributed by atoms with van der Waals surface area (Å²) >= 11 is 0. The number of rotatable bonds is 4. The summed E-state index contributed by atoms with van der Waals surface area (Å²) in [6, 6.07) is 18.8. The molecule has 1 fully saturated rings. The lowest BCUT2D eigenvalue weighted by atomic mass is 10.2. The van der Waals surface area contributed by atoms with Crippen molar-refractivity contribution in [1.82, 2.24) is 9.78 Å². The average molecular weight is 307 g/mol. The molecule has 1 aliphatic heterocycles. The number of anilines is 1. The van der Waals surface area contributed by atoms with Gasteiger partial charge in [-0.15, -0.1) is 0 Å². The first kappa shape index (κ1) is 14.3. The fourth-order valence-corrected chi connectivity index (χ4v) is 3.14. The molecule has 0 spiro atoms. The summed E-state index contributed by atoms with van der Waals surface area (Å²) in [5, 5.41) is 9.44. The van der Waals surface area contributed by atoms with Crippen LogP contribution in [0.15, 0.2) is 54.6 Å². The summed E-state index contributed by atoms with van der Waals surface area (Å²) < 4.78 is 7.96. The third-order valence-electron chi connectivity index (χ3n) is 4.34. The Morgan fingerprint density at radius 2 is 1.87 bits per heavy atom. The van der Waals surface area contributed by atoms with Gasteiger partial charge in [-0.2, -0.15) is 5.10 Å². The Labute approximate surface area is 136 Å². The third kappa shape index (κ3) is 2.94. The second kappa shape index (κ2) is 6.42. The number of benzene rings is 2. The minimum absolute atomic E-state index is 0.0564. The Kier molecular flexibility index (Phi) is 3.99.